The van der Waals surface area contributed by atoms with Gasteiger partial charge in [-0.1, -0.05) is 30.7 Å². The molecule has 0 saturated heterocycles. The minimum Gasteiger partial charge on any atom is -0.494 e. The molecule has 2 N–H and O–H groups in total. The third-order valence-electron chi connectivity index (χ3n) is 6.17. The van der Waals surface area contributed by atoms with Gasteiger partial charge in [-0.25, -0.2) is 18.4 Å². The summed E-state index contributed by atoms with van der Waals surface area (Å²) in [5.41, 5.74) is 0.392. The first-order chi connectivity index (χ1) is 18.2. The first-order valence-corrected chi connectivity index (χ1v) is 13.5. The molecule has 0 saturated carbocycles. The first-order valence-electron chi connectivity index (χ1n) is 11.6. The summed E-state index contributed by atoms with van der Waals surface area (Å²) in [6, 6.07) is 5.16. The number of hydrogen-bond donors (Lipinski definition) is 2. The average molecular weight is 562 g/mol. The van der Waals surface area contributed by atoms with E-state index < -0.39 is 27.4 Å². The van der Waals surface area contributed by atoms with Gasteiger partial charge in [-0.05, 0) is 31.2 Å². The molecule has 0 amide bonds. The number of aliphatic hydroxyl groups excluding tert-OH is 1. The summed E-state index contributed by atoms with van der Waals surface area (Å²) in [4.78, 5) is 9.94. The monoisotopic (exact) mass is 561 g/mol. The number of aromatic nitrogens is 5. The Bertz CT molecular complexity index is 1420. The average Bonchev–Trinajstić information content (AvgIpc) is 3.29. The summed E-state index contributed by atoms with van der Waals surface area (Å²) in [6.45, 7) is 3.37. The number of aliphatic hydroxyl groups is 1. The van der Waals surface area contributed by atoms with Crippen LogP contribution in [0, 0.1) is 0 Å². The molecule has 3 heterocycles. The maximum absolute atomic E-state index is 13.5. The van der Waals surface area contributed by atoms with Crippen LogP contribution in [0.2, 0.25) is 5.02 Å². The molecule has 38 heavy (non-hydrogen) atoms. The Labute approximate surface area is 225 Å². The van der Waals surface area contributed by atoms with E-state index in [2.05, 4.69) is 24.9 Å². The molecule has 0 radical (unpaired) electrons. The van der Waals surface area contributed by atoms with E-state index in [1.807, 2.05) is 0 Å². The second-order valence-electron chi connectivity index (χ2n) is 8.50. The SMILES string of the molecule is COc1cccc(OC)c1-n1c(CN2C=CC=CC2O)nnc1NS(=O)(=O)[C@@H](C)[C@H](C)c1ncc(Cl)cn1. The molecule has 2 aromatic heterocycles. The molecule has 4 rings (SSSR count). The Morgan fingerprint density at radius 2 is 1.76 bits per heavy atom. The lowest BCUT2D eigenvalue weighted by molar-refractivity contribution is 0.0700. The van der Waals surface area contributed by atoms with Gasteiger partial charge in [-0.2, -0.15) is 0 Å². The number of ether oxygens (including phenoxy) is 2. The summed E-state index contributed by atoms with van der Waals surface area (Å²) in [6.07, 6.45) is 8.74. The van der Waals surface area contributed by atoms with Crippen LogP contribution in [0.3, 0.4) is 0 Å². The van der Waals surface area contributed by atoms with Crippen molar-refractivity contribution in [2.24, 2.45) is 0 Å². The molecule has 14 heteroatoms. The van der Waals surface area contributed by atoms with Crippen LogP contribution in [0.5, 0.6) is 11.5 Å². The maximum Gasteiger partial charge on any atom is 0.243 e. The number of nitrogens with one attached hydrogen (secondary N) is 1. The van der Waals surface area contributed by atoms with Crippen molar-refractivity contribution in [3.05, 3.63) is 71.7 Å². The summed E-state index contributed by atoms with van der Waals surface area (Å²) in [5, 5.41) is 18.2. The van der Waals surface area contributed by atoms with Gasteiger partial charge in [-0.15, -0.1) is 10.2 Å². The molecular formula is C24H28ClN7O5S. The zero-order chi connectivity index (χ0) is 27.4. The normalized spacial score (nSPS) is 16.8. The van der Waals surface area contributed by atoms with Gasteiger partial charge in [-0.3, -0.25) is 9.29 Å². The number of allylic oxidation sites excluding steroid dienone is 2. The molecule has 1 aliphatic heterocycles. The van der Waals surface area contributed by atoms with Crippen molar-refractivity contribution in [1.82, 2.24) is 29.6 Å². The van der Waals surface area contributed by atoms with Crippen LogP contribution >= 0.6 is 11.6 Å². The molecule has 3 aromatic rings. The molecule has 202 valence electrons. The zero-order valence-electron chi connectivity index (χ0n) is 21.2. The predicted octanol–water partition coefficient (Wildman–Crippen LogP) is 2.87. The highest BCUT2D eigenvalue weighted by Gasteiger charge is 2.32. The molecule has 12 nitrogen and oxygen atoms in total. The van der Waals surface area contributed by atoms with Gasteiger partial charge < -0.3 is 19.5 Å². The fraction of sp³-hybridized carbons (Fsp3) is 0.333. The quantitative estimate of drug-likeness (QED) is 0.379. The minimum absolute atomic E-state index is 0.0788. The van der Waals surface area contributed by atoms with Gasteiger partial charge in [0, 0.05) is 24.5 Å². The molecule has 0 fully saturated rings. The fourth-order valence-corrected chi connectivity index (χ4v) is 5.19. The van der Waals surface area contributed by atoms with E-state index in [9.17, 15) is 13.5 Å². The van der Waals surface area contributed by atoms with Crippen LogP contribution in [-0.4, -0.2) is 68.9 Å². The number of methoxy groups -OCH3 is 2. The van der Waals surface area contributed by atoms with E-state index in [1.54, 1.807) is 61.4 Å². The topological polar surface area (TPSA) is 145 Å². The van der Waals surface area contributed by atoms with Crippen molar-refractivity contribution >= 4 is 27.6 Å². The molecule has 0 bridgehead atoms. The van der Waals surface area contributed by atoms with Crippen LogP contribution in [0.15, 0.2) is 55.0 Å². The van der Waals surface area contributed by atoms with E-state index >= 15 is 0 Å². The van der Waals surface area contributed by atoms with Gasteiger partial charge >= 0.3 is 0 Å². The van der Waals surface area contributed by atoms with Gasteiger partial charge in [0.25, 0.3) is 0 Å². The van der Waals surface area contributed by atoms with Gasteiger partial charge in [0.2, 0.25) is 16.0 Å². The Kier molecular flexibility index (Phi) is 8.19. The van der Waals surface area contributed by atoms with Crippen LogP contribution in [0.1, 0.15) is 31.4 Å². The zero-order valence-corrected chi connectivity index (χ0v) is 22.8. The number of rotatable bonds is 10. The van der Waals surface area contributed by atoms with Gasteiger partial charge in [0.1, 0.15) is 29.2 Å². The third-order valence-corrected chi connectivity index (χ3v) is 8.22. The van der Waals surface area contributed by atoms with Gasteiger partial charge in [0.15, 0.2) is 5.82 Å². The Morgan fingerprint density at radius 3 is 2.37 bits per heavy atom. The second kappa shape index (κ2) is 11.4. The van der Waals surface area contributed by atoms with Crippen LogP contribution in [-0.2, 0) is 16.6 Å². The second-order valence-corrected chi connectivity index (χ2v) is 11.0. The highest BCUT2D eigenvalue weighted by atomic mass is 35.5. The summed E-state index contributed by atoms with van der Waals surface area (Å²) in [7, 11) is -1.05. The molecule has 0 aliphatic carbocycles. The van der Waals surface area contributed by atoms with Crippen molar-refractivity contribution in [2.45, 2.75) is 37.8 Å². The smallest absolute Gasteiger partial charge is 0.243 e. The minimum atomic E-state index is -4.03. The van der Waals surface area contributed by atoms with E-state index in [-0.39, 0.29) is 12.5 Å². The molecule has 0 spiro atoms. The standard InChI is InChI=1S/C24H28ClN7O5S/c1-15(23-26-12-17(25)13-27-23)16(2)38(34,35)30-24-29-28-20(14-31-11-6-5-10-21(31)33)32(24)22-18(36-3)8-7-9-19(22)37-4/h5-13,15-16,21,33H,14H2,1-4H3,(H,29,30)/t15-,16-,21?/m0/s1. The van der Waals surface area contributed by atoms with Crippen molar-refractivity contribution in [3.8, 4) is 17.2 Å². The van der Waals surface area contributed by atoms with Crippen molar-refractivity contribution < 1.29 is 23.0 Å². The van der Waals surface area contributed by atoms with E-state index in [4.69, 9.17) is 21.1 Å². The molecule has 3 atom stereocenters. The number of para-hydroxylation sites is 1. The Morgan fingerprint density at radius 1 is 1.11 bits per heavy atom. The third kappa shape index (κ3) is 5.59. The van der Waals surface area contributed by atoms with E-state index in [0.717, 1.165) is 0 Å². The first kappa shape index (κ1) is 27.4. The fourth-order valence-electron chi connectivity index (χ4n) is 3.86. The lowest BCUT2D eigenvalue weighted by atomic mass is 10.1. The largest absolute Gasteiger partial charge is 0.494 e. The lowest BCUT2D eigenvalue weighted by Crippen LogP contribution is -2.32. The summed E-state index contributed by atoms with van der Waals surface area (Å²) < 4.78 is 42.2. The number of anilines is 1. The van der Waals surface area contributed by atoms with Crippen LogP contribution < -0.4 is 14.2 Å². The van der Waals surface area contributed by atoms with Crippen LogP contribution in [0.25, 0.3) is 5.69 Å². The molecule has 1 aliphatic rings. The number of benzene rings is 1. The number of sulfonamides is 1. The Balaban J connectivity index is 1.76. The van der Waals surface area contributed by atoms with E-state index in [1.165, 1.54) is 31.2 Å². The summed E-state index contributed by atoms with van der Waals surface area (Å²) >= 11 is 5.88. The molecule has 1 unspecified atom stereocenters. The highest BCUT2D eigenvalue weighted by Crippen LogP contribution is 2.36. The lowest BCUT2D eigenvalue weighted by Gasteiger charge is -2.26. The van der Waals surface area contributed by atoms with Crippen LogP contribution in [0.4, 0.5) is 5.95 Å². The maximum atomic E-state index is 13.5. The number of nitrogens with zero attached hydrogens (tertiary/aromatic N) is 6. The van der Waals surface area contributed by atoms with E-state index in [0.29, 0.717) is 33.9 Å². The summed E-state index contributed by atoms with van der Waals surface area (Å²) in [5.74, 6) is 0.811. The number of halogens is 1. The Hall–Kier alpha value is -3.68. The van der Waals surface area contributed by atoms with Crippen molar-refractivity contribution in [3.63, 3.8) is 0 Å². The molecular weight excluding hydrogens is 534 g/mol. The number of hydrogen-bond acceptors (Lipinski definition) is 10. The predicted molar refractivity (Wildman–Crippen MR) is 142 cm³/mol. The van der Waals surface area contributed by atoms with Crippen molar-refractivity contribution in [2.75, 3.05) is 18.9 Å². The van der Waals surface area contributed by atoms with Crippen molar-refractivity contribution in [1.29, 1.82) is 0 Å². The van der Waals surface area contributed by atoms with Gasteiger partial charge in [0.05, 0.1) is 31.0 Å². The highest BCUT2D eigenvalue weighted by molar-refractivity contribution is 7.93. The molecule has 1 aromatic carbocycles.